The molecule has 0 aliphatic rings. The number of sulfonamides is 1. The van der Waals surface area contributed by atoms with Gasteiger partial charge >= 0.3 is 0 Å². The molecule has 8 heteroatoms. The molecule has 2 heterocycles. The minimum atomic E-state index is -3.38. The van der Waals surface area contributed by atoms with Crippen molar-refractivity contribution in [2.75, 3.05) is 6.54 Å². The Balaban J connectivity index is 1.78. The normalized spacial score (nSPS) is 11.9. The molecule has 1 N–H and O–H groups in total. The van der Waals surface area contributed by atoms with E-state index in [4.69, 9.17) is 0 Å². The first-order chi connectivity index (χ1) is 9.49. The highest BCUT2D eigenvalue weighted by Gasteiger charge is 2.17. The number of aromatic nitrogens is 2. The summed E-state index contributed by atoms with van der Waals surface area (Å²) in [5.74, 6) is 0. The Morgan fingerprint density at radius 1 is 1.45 bits per heavy atom. The fraction of sp³-hybridized carbons (Fsp3) is 0.417. The van der Waals surface area contributed by atoms with E-state index in [1.54, 1.807) is 18.6 Å². The quantitative estimate of drug-likeness (QED) is 0.754. The number of aryl methyl sites for hydroxylation is 2. The molecule has 0 spiro atoms. The predicted octanol–water partition coefficient (Wildman–Crippen LogP) is 2.77. The second-order valence-corrected chi connectivity index (χ2v) is 8.79. The monoisotopic (exact) mass is 377 g/mol. The van der Waals surface area contributed by atoms with Crippen LogP contribution in [0.5, 0.6) is 0 Å². The van der Waals surface area contributed by atoms with E-state index in [1.165, 1.54) is 11.3 Å². The average Bonchev–Trinajstić information content (AvgIpc) is 3.00. The van der Waals surface area contributed by atoms with Crippen LogP contribution in [0.4, 0.5) is 0 Å². The van der Waals surface area contributed by atoms with E-state index >= 15 is 0 Å². The fourth-order valence-electron chi connectivity index (χ4n) is 1.68. The van der Waals surface area contributed by atoms with Gasteiger partial charge in [0.25, 0.3) is 0 Å². The minimum absolute atomic E-state index is 0.358. The predicted molar refractivity (Wildman–Crippen MR) is 83.4 cm³/mol. The number of imidazole rings is 1. The number of thiophene rings is 1. The maximum absolute atomic E-state index is 12.1. The Morgan fingerprint density at radius 3 is 2.85 bits per heavy atom. The molecular weight excluding hydrogens is 362 g/mol. The molecule has 0 saturated heterocycles. The molecule has 2 aromatic heterocycles. The van der Waals surface area contributed by atoms with Gasteiger partial charge in [0.1, 0.15) is 4.21 Å². The van der Waals surface area contributed by atoms with Crippen molar-refractivity contribution in [3.8, 4) is 0 Å². The van der Waals surface area contributed by atoms with Gasteiger partial charge in [-0.1, -0.05) is 0 Å². The summed E-state index contributed by atoms with van der Waals surface area (Å²) in [6, 6.07) is 1.68. The summed E-state index contributed by atoms with van der Waals surface area (Å²) in [4.78, 5) is 3.96. The van der Waals surface area contributed by atoms with Gasteiger partial charge in [0.05, 0.1) is 10.1 Å². The molecule has 0 aliphatic heterocycles. The Kier molecular flexibility index (Phi) is 5.36. The summed E-state index contributed by atoms with van der Waals surface area (Å²) < 4.78 is 29.9. The van der Waals surface area contributed by atoms with Crippen molar-refractivity contribution in [1.82, 2.24) is 14.3 Å². The van der Waals surface area contributed by atoms with Crippen molar-refractivity contribution >= 4 is 37.3 Å². The van der Waals surface area contributed by atoms with Gasteiger partial charge in [0.15, 0.2) is 0 Å². The summed E-state index contributed by atoms with van der Waals surface area (Å²) in [6.07, 6.45) is 7.10. The SMILES string of the molecule is Cc1cc(S(=O)(=O)NCCCCn2ccnc2)sc1Br. The smallest absolute Gasteiger partial charge is 0.250 e. The van der Waals surface area contributed by atoms with Crippen LogP contribution in [0.2, 0.25) is 0 Å². The molecular formula is C12H16BrN3O2S2. The van der Waals surface area contributed by atoms with E-state index in [0.717, 1.165) is 28.7 Å². The van der Waals surface area contributed by atoms with Crippen molar-refractivity contribution in [3.05, 3.63) is 34.1 Å². The summed E-state index contributed by atoms with van der Waals surface area (Å²) in [5, 5.41) is 0. The van der Waals surface area contributed by atoms with Crippen molar-refractivity contribution in [1.29, 1.82) is 0 Å². The van der Waals surface area contributed by atoms with Crippen LogP contribution in [-0.4, -0.2) is 24.5 Å². The summed E-state index contributed by atoms with van der Waals surface area (Å²) in [5.41, 5.74) is 0.940. The molecule has 0 unspecified atom stereocenters. The molecule has 110 valence electrons. The Bertz CT molecular complexity index is 631. The molecule has 2 rings (SSSR count). The third kappa shape index (κ3) is 4.15. The number of unbranched alkanes of at least 4 members (excludes halogenated alkanes) is 1. The maximum atomic E-state index is 12.1. The van der Waals surface area contributed by atoms with E-state index in [0.29, 0.717) is 10.8 Å². The van der Waals surface area contributed by atoms with Gasteiger partial charge < -0.3 is 4.57 Å². The fourth-order valence-corrected chi connectivity index (χ4v) is 5.02. The zero-order valence-corrected chi connectivity index (χ0v) is 14.3. The van der Waals surface area contributed by atoms with Gasteiger partial charge in [0.2, 0.25) is 10.0 Å². The van der Waals surface area contributed by atoms with Crippen molar-refractivity contribution in [3.63, 3.8) is 0 Å². The highest BCUT2D eigenvalue weighted by molar-refractivity contribution is 9.11. The van der Waals surface area contributed by atoms with Gasteiger partial charge in [-0.15, -0.1) is 11.3 Å². The largest absolute Gasteiger partial charge is 0.337 e. The van der Waals surface area contributed by atoms with E-state index in [9.17, 15) is 8.42 Å². The number of nitrogens with zero attached hydrogens (tertiary/aromatic N) is 2. The van der Waals surface area contributed by atoms with Crippen molar-refractivity contribution in [2.45, 2.75) is 30.5 Å². The molecule has 20 heavy (non-hydrogen) atoms. The molecule has 0 atom stereocenters. The zero-order valence-electron chi connectivity index (χ0n) is 11.0. The lowest BCUT2D eigenvalue weighted by atomic mass is 10.3. The van der Waals surface area contributed by atoms with Crippen LogP contribution in [-0.2, 0) is 16.6 Å². The summed E-state index contributed by atoms with van der Waals surface area (Å²) in [6.45, 7) is 3.18. The van der Waals surface area contributed by atoms with Crippen LogP contribution in [0.3, 0.4) is 0 Å². The van der Waals surface area contributed by atoms with Crippen molar-refractivity contribution < 1.29 is 8.42 Å². The molecule has 0 fully saturated rings. The third-order valence-corrected chi connectivity index (χ3v) is 6.87. The number of hydrogen-bond donors (Lipinski definition) is 1. The average molecular weight is 378 g/mol. The molecule has 2 aromatic rings. The highest BCUT2D eigenvalue weighted by Crippen LogP contribution is 2.30. The minimum Gasteiger partial charge on any atom is -0.337 e. The van der Waals surface area contributed by atoms with Crippen molar-refractivity contribution in [2.24, 2.45) is 0 Å². The van der Waals surface area contributed by atoms with Gasteiger partial charge in [0, 0.05) is 25.5 Å². The topological polar surface area (TPSA) is 64.0 Å². The number of rotatable bonds is 7. The molecule has 0 saturated carbocycles. The van der Waals surface area contributed by atoms with Gasteiger partial charge in [-0.05, 0) is 47.3 Å². The maximum Gasteiger partial charge on any atom is 0.250 e. The Morgan fingerprint density at radius 2 is 2.25 bits per heavy atom. The Hall–Kier alpha value is -0.700. The van der Waals surface area contributed by atoms with Crippen LogP contribution in [0, 0.1) is 6.92 Å². The first kappa shape index (κ1) is 15.7. The van der Waals surface area contributed by atoms with E-state index in [2.05, 4.69) is 25.6 Å². The molecule has 0 radical (unpaired) electrons. The van der Waals surface area contributed by atoms with Crippen LogP contribution in [0.15, 0.2) is 32.8 Å². The standard InChI is InChI=1S/C12H16BrN3O2S2/c1-10-8-11(19-12(10)13)20(17,18)15-4-2-3-6-16-7-5-14-9-16/h5,7-9,15H,2-4,6H2,1H3. The van der Waals surface area contributed by atoms with Crippen LogP contribution < -0.4 is 4.72 Å². The van der Waals surface area contributed by atoms with Gasteiger partial charge in [-0.3, -0.25) is 0 Å². The molecule has 0 amide bonds. The molecule has 0 aromatic carbocycles. The lowest BCUT2D eigenvalue weighted by molar-refractivity contribution is 0.567. The van der Waals surface area contributed by atoms with E-state index in [-0.39, 0.29) is 0 Å². The second kappa shape index (κ2) is 6.84. The van der Waals surface area contributed by atoms with Gasteiger partial charge in [-0.25, -0.2) is 18.1 Å². The lowest BCUT2D eigenvalue weighted by Gasteiger charge is -2.05. The third-order valence-electron chi connectivity index (χ3n) is 2.79. The summed E-state index contributed by atoms with van der Waals surface area (Å²) >= 11 is 4.58. The number of halogens is 1. The van der Waals surface area contributed by atoms with Crippen LogP contribution in [0.1, 0.15) is 18.4 Å². The molecule has 0 bridgehead atoms. The Labute approximate surface area is 131 Å². The lowest BCUT2D eigenvalue weighted by Crippen LogP contribution is -2.24. The van der Waals surface area contributed by atoms with Gasteiger partial charge in [-0.2, -0.15) is 0 Å². The number of hydrogen-bond acceptors (Lipinski definition) is 4. The number of nitrogens with one attached hydrogen (secondary N) is 1. The first-order valence-electron chi connectivity index (χ1n) is 6.20. The molecule has 5 nitrogen and oxygen atoms in total. The first-order valence-corrected chi connectivity index (χ1v) is 9.29. The van der Waals surface area contributed by atoms with E-state index in [1.807, 2.05) is 17.7 Å². The summed E-state index contributed by atoms with van der Waals surface area (Å²) in [7, 11) is -3.38. The zero-order chi connectivity index (χ0) is 14.6. The van der Waals surface area contributed by atoms with Crippen LogP contribution in [0.25, 0.3) is 0 Å². The highest BCUT2D eigenvalue weighted by atomic mass is 79.9. The van der Waals surface area contributed by atoms with Crippen LogP contribution >= 0.6 is 27.3 Å². The second-order valence-electron chi connectivity index (χ2n) is 4.43. The van der Waals surface area contributed by atoms with E-state index < -0.39 is 10.0 Å². The molecule has 0 aliphatic carbocycles.